The second-order valence-corrected chi connectivity index (χ2v) is 3.42. The fourth-order valence-corrected chi connectivity index (χ4v) is 1.29. The second kappa shape index (κ2) is 4.85. The highest BCUT2D eigenvalue weighted by Crippen LogP contribution is 2.01. The molecule has 78 valence electrons. The van der Waals surface area contributed by atoms with E-state index in [1.807, 2.05) is 25.9 Å². The van der Waals surface area contributed by atoms with E-state index < -0.39 is 0 Å². The molecule has 0 aromatic carbocycles. The van der Waals surface area contributed by atoms with Crippen LogP contribution in [0.2, 0.25) is 0 Å². The summed E-state index contributed by atoms with van der Waals surface area (Å²) in [5, 5.41) is 3.98. The number of hydrogen-bond acceptors (Lipinski definition) is 4. The Morgan fingerprint density at radius 3 is 2.71 bits per heavy atom. The molecule has 14 heavy (non-hydrogen) atoms. The molecule has 1 rings (SSSR count). The first-order valence-electron chi connectivity index (χ1n) is 4.66. The third-order valence-corrected chi connectivity index (χ3v) is 2.17. The van der Waals surface area contributed by atoms with Crippen molar-refractivity contribution < 1.29 is 4.79 Å². The molecular weight excluding hydrogens is 180 g/mol. The molecule has 0 amide bonds. The molecule has 1 aromatic heterocycles. The molecule has 0 fully saturated rings. The van der Waals surface area contributed by atoms with Crippen LogP contribution in [-0.2, 0) is 11.3 Å². The lowest BCUT2D eigenvalue weighted by Gasteiger charge is -2.22. The zero-order chi connectivity index (χ0) is 10.6. The van der Waals surface area contributed by atoms with Crippen molar-refractivity contribution in [2.24, 2.45) is 0 Å². The van der Waals surface area contributed by atoms with Gasteiger partial charge in [0.1, 0.15) is 12.7 Å². The monoisotopic (exact) mass is 196 g/mol. The minimum atomic E-state index is -0.110. The van der Waals surface area contributed by atoms with Crippen LogP contribution in [0.5, 0.6) is 0 Å². The fraction of sp³-hybridized carbons (Fsp3) is 0.667. The standard InChI is InChI=1S/C9H16N4O/c1-4-9(14)8(12(2)3)5-13-7-10-6-11-13/h6-8H,4-5H2,1-3H3. The van der Waals surface area contributed by atoms with Crippen molar-refractivity contribution in [2.45, 2.75) is 25.9 Å². The van der Waals surface area contributed by atoms with Crippen molar-refractivity contribution in [2.75, 3.05) is 14.1 Å². The fourth-order valence-electron chi connectivity index (χ4n) is 1.29. The highest BCUT2D eigenvalue weighted by molar-refractivity contribution is 5.83. The third-order valence-electron chi connectivity index (χ3n) is 2.17. The van der Waals surface area contributed by atoms with Crippen molar-refractivity contribution in [3.05, 3.63) is 12.7 Å². The first-order valence-corrected chi connectivity index (χ1v) is 4.66. The molecule has 0 N–H and O–H groups in total. The number of carbonyl (C=O) groups excluding carboxylic acids is 1. The van der Waals surface area contributed by atoms with Gasteiger partial charge in [-0.15, -0.1) is 0 Å². The predicted octanol–water partition coefficient (Wildman–Crippen LogP) is 0.187. The summed E-state index contributed by atoms with van der Waals surface area (Å²) in [6.45, 7) is 2.44. The molecule has 0 radical (unpaired) electrons. The van der Waals surface area contributed by atoms with Crippen LogP contribution in [0.4, 0.5) is 0 Å². The molecule has 1 atom stereocenters. The van der Waals surface area contributed by atoms with Crippen LogP contribution >= 0.6 is 0 Å². The van der Waals surface area contributed by atoms with E-state index in [4.69, 9.17) is 0 Å². The van der Waals surface area contributed by atoms with Crippen LogP contribution in [-0.4, -0.2) is 45.6 Å². The number of hydrogen-bond donors (Lipinski definition) is 0. The first kappa shape index (κ1) is 10.8. The summed E-state index contributed by atoms with van der Waals surface area (Å²) in [6.07, 6.45) is 3.65. The normalized spacial score (nSPS) is 13.1. The van der Waals surface area contributed by atoms with E-state index in [0.717, 1.165) is 0 Å². The summed E-state index contributed by atoms with van der Waals surface area (Å²) in [7, 11) is 3.80. The van der Waals surface area contributed by atoms with Gasteiger partial charge in [-0.05, 0) is 14.1 Å². The molecule has 0 saturated carbocycles. The van der Waals surface area contributed by atoms with Crippen LogP contribution in [0, 0.1) is 0 Å². The number of Topliss-reactive ketones (excluding diaryl/α,β-unsaturated/α-hetero) is 1. The molecule has 1 heterocycles. The topological polar surface area (TPSA) is 51.0 Å². The number of carbonyl (C=O) groups is 1. The van der Waals surface area contributed by atoms with Crippen molar-refractivity contribution >= 4 is 5.78 Å². The van der Waals surface area contributed by atoms with Crippen LogP contribution in [0.25, 0.3) is 0 Å². The molecule has 0 bridgehead atoms. The van der Waals surface area contributed by atoms with Crippen LogP contribution in [0.3, 0.4) is 0 Å². The Bertz CT molecular complexity index is 281. The smallest absolute Gasteiger partial charge is 0.151 e. The van der Waals surface area contributed by atoms with E-state index in [1.165, 1.54) is 6.33 Å². The summed E-state index contributed by atoms with van der Waals surface area (Å²) in [5.74, 6) is 0.227. The lowest BCUT2D eigenvalue weighted by atomic mass is 10.1. The van der Waals surface area contributed by atoms with E-state index >= 15 is 0 Å². The molecule has 5 heteroatoms. The summed E-state index contributed by atoms with van der Waals surface area (Å²) in [4.78, 5) is 17.3. The minimum absolute atomic E-state index is 0.110. The lowest BCUT2D eigenvalue weighted by molar-refractivity contribution is -0.123. The molecule has 0 aliphatic carbocycles. The predicted molar refractivity (Wildman–Crippen MR) is 52.8 cm³/mol. The molecule has 1 unspecified atom stereocenters. The molecule has 1 aromatic rings. The third kappa shape index (κ3) is 2.63. The minimum Gasteiger partial charge on any atom is -0.298 e. The zero-order valence-corrected chi connectivity index (χ0v) is 8.84. The number of rotatable bonds is 5. The number of nitrogens with zero attached hydrogens (tertiary/aromatic N) is 4. The van der Waals surface area contributed by atoms with Gasteiger partial charge < -0.3 is 0 Å². The summed E-state index contributed by atoms with van der Waals surface area (Å²) in [6, 6.07) is -0.110. The quantitative estimate of drug-likeness (QED) is 0.674. The number of ketones is 1. The van der Waals surface area contributed by atoms with Gasteiger partial charge in [0.05, 0.1) is 12.6 Å². The summed E-state index contributed by atoms with van der Waals surface area (Å²) >= 11 is 0. The number of aromatic nitrogens is 3. The Balaban J connectivity index is 2.65. The van der Waals surface area contributed by atoms with Crippen molar-refractivity contribution in [3.8, 4) is 0 Å². The molecule has 0 aliphatic rings. The lowest BCUT2D eigenvalue weighted by Crippen LogP contribution is -2.39. The first-order chi connectivity index (χ1) is 6.65. The SMILES string of the molecule is CCC(=O)C(Cn1cncn1)N(C)C. The van der Waals surface area contributed by atoms with Gasteiger partial charge in [-0.2, -0.15) is 5.10 Å². The summed E-state index contributed by atoms with van der Waals surface area (Å²) < 4.78 is 1.68. The molecule has 0 spiro atoms. The van der Waals surface area contributed by atoms with E-state index in [0.29, 0.717) is 13.0 Å². The van der Waals surface area contributed by atoms with E-state index in [2.05, 4.69) is 10.1 Å². The summed E-state index contributed by atoms with van der Waals surface area (Å²) in [5.41, 5.74) is 0. The number of likely N-dealkylation sites (N-methyl/N-ethyl adjacent to an activating group) is 1. The maximum atomic E-state index is 11.6. The largest absolute Gasteiger partial charge is 0.298 e. The maximum Gasteiger partial charge on any atom is 0.151 e. The molecule has 5 nitrogen and oxygen atoms in total. The van der Waals surface area contributed by atoms with E-state index in [-0.39, 0.29) is 11.8 Å². The van der Waals surface area contributed by atoms with Gasteiger partial charge in [-0.1, -0.05) is 6.92 Å². The highest BCUT2D eigenvalue weighted by Gasteiger charge is 2.19. The molecular formula is C9H16N4O. The van der Waals surface area contributed by atoms with Crippen molar-refractivity contribution in [1.29, 1.82) is 0 Å². The second-order valence-electron chi connectivity index (χ2n) is 3.42. The Morgan fingerprint density at radius 2 is 2.29 bits per heavy atom. The average molecular weight is 196 g/mol. The van der Waals surface area contributed by atoms with Gasteiger partial charge in [0.15, 0.2) is 5.78 Å². The van der Waals surface area contributed by atoms with Gasteiger partial charge in [-0.25, -0.2) is 4.98 Å². The molecule has 0 saturated heterocycles. The Labute approximate surface area is 83.7 Å². The van der Waals surface area contributed by atoms with Gasteiger partial charge in [0.25, 0.3) is 0 Å². The van der Waals surface area contributed by atoms with E-state index in [1.54, 1.807) is 11.0 Å². The highest BCUT2D eigenvalue weighted by atomic mass is 16.1. The van der Waals surface area contributed by atoms with E-state index in [9.17, 15) is 4.79 Å². The van der Waals surface area contributed by atoms with Gasteiger partial charge in [-0.3, -0.25) is 14.4 Å². The van der Waals surface area contributed by atoms with Crippen LogP contribution in [0.1, 0.15) is 13.3 Å². The van der Waals surface area contributed by atoms with Crippen molar-refractivity contribution in [3.63, 3.8) is 0 Å². The Morgan fingerprint density at radius 1 is 1.57 bits per heavy atom. The Hall–Kier alpha value is -1.23. The van der Waals surface area contributed by atoms with Gasteiger partial charge in [0.2, 0.25) is 0 Å². The van der Waals surface area contributed by atoms with Crippen LogP contribution in [0.15, 0.2) is 12.7 Å². The molecule has 0 aliphatic heterocycles. The zero-order valence-electron chi connectivity index (χ0n) is 8.84. The van der Waals surface area contributed by atoms with Gasteiger partial charge >= 0.3 is 0 Å². The van der Waals surface area contributed by atoms with Gasteiger partial charge in [0, 0.05) is 6.42 Å². The van der Waals surface area contributed by atoms with Crippen molar-refractivity contribution in [1.82, 2.24) is 19.7 Å². The van der Waals surface area contributed by atoms with Crippen LogP contribution < -0.4 is 0 Å². The average Bonchev–Trinajstić information content (AvgIpc) is 2.65. The Kier molecular flexibility index (Phi) is 3.76. The maximum absolute atomic E-state index is 11.6.